The van der Waals surface area contributed by atoms with Crippen LogP contribution in [0.4, 0.5) is 22.7 Å². The van der Waals surface area contributed by atoms with Crippen molar-refractivity contribution < 1.29 is 4.42 Å². The molecule has 55 heavy (non-hydrogen) atoms. The molecular formula is C51H35ClN2O. The molecule has 0 spiro atoms. The largest absolute Gasteiger partial charge is 0.456 e. The second-order valence-corrected chi connectivity index (χ2v) is 14.5. The number of hydrogen-bond donors (Lipinski definition) is 0. The van der Waals surface area contributed by atoms with E-state index in [1.54, 1.807) is 0 Å². The highest BCUT2D eigenvalue weighted by molar-refractivity contribution is 6.34. The van der Waals surface area contributed by atoms with Crippen LogP contribution in [0.15, 0.2) is 185 Å². The van der Waals surface area contributed by atoms with Crippen molar-refractivity contribution in [2.45, 2.75) is 13.8 Å². The van der Waals surface area contributed by atoms with Gasteiger partial charge in [0.15, 0.2) is 0 Å². The Morgan fingerprint density at radius 2 is 1.15 bits per heavy atom. The van der Waals surface area contributed by atoms with Crippen LogP contribution in [-0.2, 0) is 0 Å². The number of anilines is 3. The van der Waals surface area contributed by atoms with Crippen molar-refractivity contribution in [1.29, 1.82) is 0 Å². The summed E-state index contributed by atoms with van der Waals surface area (Å²) in [4.78, 5) is 7.30. The van der Waals surface area contributed by atoms with Crippen LogP contribution in [-0.4, -0.2) is 5.71 Å². The standard InChI is InChI=1S/C51H35ClN2O/c1-32-13-3-8-21-45(32)53-33(2)34-25-27-35(28-26-34)36-29-30-46-43(31-36)38-15-5-4-14-37(38)40-18-11-19-41(51(40)54(46)47-22-9-7-20-44(47)52)39-17-12-24-49-50(39)42-16-6-10-23-48(42)55-49/h3-31H,1-2H3/b53-33+. The summed E-state index contributed by atoms with van der Waals surface area (Å²) in [5.41, 5.74) is 18.1. The van der Waals surface area contributed by atoms with E-state index in [0.29, 0.717) is 5.02 Å². The first-order valence-electron chi connectivity index (χ1n) is 18.6. The van der Waals surface area contributed by atoms with Gasteiger partial charge in [0.2, 0.25) is 0 Å². The highest BCUT2D eigenvalue weighted by Gasteiger charge is 2.30. The number of benzene rings is 8. The van der Waals surface area contributed by atoms with Crippen molar-refractivity contribution in [2.75, 3.05) is 4.90 Å². The normalized spacial score (nSPS) is 12.3. The molecule has 2 heterocycles. The van der Waals surface area contributed by atoms with E-state index in [1.807, 2.05) is 36.4 Å². The molecule has 0 N–H and O–H groups in total. The molecule has 9 aromatic rings. The van der Waals surface area contributed by atoms with Crippen molar-refractivity contribution in [1.82, 2.24) is 0 Å². The maximum atomic E-state index is 7.17. The summed E-state index contributed by atoms with van der Waals surface area (Å²) in [6.07, 6.45) is 0. The van der Waals surface area contributed by atoms with Gasteiger partial charge in [-0.3, -0.25) is 4.99 Å². The minimum absolute atomic E-state index is 0.675. The third-order valence-electron chi connectivity index (χ3n) is 10.8. The molecule has 1 aliphatic heterocycles. The van der Waals surface area contributed by atoms with E-state index in [1.165, 1.54) is 0 Å². The number of rotatable bonds is 5. The maximum absolute atomic E-state index is 7.17. The molecule has 0 radical (unpaired) electrons. The third kappa shape index (κ3) is 5.55. The summed E-state index contributed by atoms with van der Waals surface area (Å²) in [7, 11) is 0. The van der Waals surface area contributed by atoms with Crippen LogP contribution < -0.4 is 4.90 Å². The van der Waals surface area contributed by atoms with Crippen LogP contribution in [0.1, 0.15) is 18.1 Å². The van der Waals surface area contributed by atoms with Gasteiger partial charge in [-0.05, 0) is 95.3 Å². The number of furan rings is 1. The lowest BCUT2D eigenvalue weighted by atomic mass is 9.90. The highest BCUT2D eigenvalue weighted by atomic mass is 35.5. The van der Waals surface area contributed by atoms with Crippen LogP contribution in [0.5, 0.6) is 0 Å². The van der Waals surface area contributed by atoms with E-state index in [0.717, 1.165) is 106 Å². The Kier molecular flexibility index (Phi) is 7.97. The number of nitrogens with zero attached hydrogens (tertiary/aromatic N) is 2. The fourth-order valence-electron chi connectivity index (χ4n) is 8.14. The first-order chi connectivity index (χ1) is 27.0. The summed E-state index contributed by atoms with van der Waals surface area (Å²) < 4.78 is 6.39. The lowest BCUT2D eigenvalue weighted by molar-refractivity contribution is 0.669. The second kappa shape index (κ2) is 13.3. The Labute approximate surface area is 325 Å². The molecule has 0 fully saturated rings. The summed E-state index contributed by atoms with van der Waals surface area (Å²) in [6.45, 7) is 4.17. The molecule has 0 aliphatic carbocycles. The Bertz CT molecular complexity index is 2970. The summed E-state index contributed by atoms with van der Waals surface area (Å²) in [5.74, 6) is 0. The number of halogens is 1. The van der Waals surface area contributed by atoms with E-state index in [4.69, 9.17) is 21.0 Å². The Morgan fingerprint density at radius 1 is 0.527 bits per heavy atom. The van der Waals surface area contributed by atoms with Crippen LogP contribution in [0.3, 0.4) is 0 Å². The van der Waals surface area contributed by atoms with E-state index >= 15 is 0 Å². The van der Waals surface area contributed by atoms with Gasteiger partial charge in [-0.1, -0.05) is 145 Å². The number of fused-ring (bicyclic) bond motifs is 8. The summed E-state index contributed by atoms with van der Waals surface area (Å²) >= 11 is 7.17. The van der Waals surface area contributed by atoms with Crippen molar-refractivity contribution in [2.24, 2.45) is 4.99 Å². The minimum atomic E-state index is 0.675. The highest BCUT2D eigenvalue weighted by Crippen LogP contribution is 2.56. The van der Waals surface area contributed by atoms with Crippen LogP contribution in [0, 0.1) is 6.92 Å². The SMILES string of the molecule is C/C(=N\c1ccccc1C)c1ccc(-c2ccc3c(c2)-c2ccccc2-c2cccc(-c4cccc5oc6ccccc6c45)c2N3c2ccccc2Cl)cc1. The topological polar surface area (TPSA) is 28.7 Å². The molecule has 4 heteroatoms. The van der Waals surface area contributed by atoms with Crippen molar-refractivity contribution in [3.8, 4) is 44.5 Å². The van der Waals surface area contributed by atoms with E-state index in [2.05, 4.69) is 158 Å². The zero-order chi connectivity index (χ0) is 37.0. The first-order valence-corrected chi connectivity index (χ1v) is 19.0. The lowest BCUT2D eigenvalue weighted by Crippen LogP contribution is -2.13. The van der Waals surface area contributed by atoms with Crippen molar-refractivity contribution >= 4 is 62.0 Å². The first kappa shape index (κ1) is 32.9. The molecule has 0 saturated heterocycles. The Morgan fingerprint density at radius 3 is 1.96 bits per heavy atom. The smallest absolute Gasteiger partial charge is 0.136 e. The van der Waals surface area contributed by atoms with Gasteiger partial charge in [-0.25, -0.2) is 0 Å². The molecule has 262 valence electrons. The molecule has 0 saturated carbocycles. The number of aryl methyl sites for hydroxylation is 1. The Balaban J connectivity index is 1.18. The molecule has 10 rings (SSSR count). The summed E-state index contributed by atoms with van der Waals surface area (Å²) in [6, 6.07) is 62.0. The van der Waals surface area contributed by atoms with Gasteiger partial charge in [0.05, 0.1) is 27.8 Å². The molecule has 8 aromatic carbocycles. The molecule has 3 nitrogen and oxygen atoms in total. The molecule has 0 unspecified atom stereocenters. The Hall–Kier alpha value is -6.68. The third-order valence-corrected chi connectivity index (χ3v) is 11.1. The van der Waals surface area contributed by atoms with Gasteiger partial charge in [0.25, 0.3) is 0 Å². The molecule has 1 aromatic heterocycles. The predicted molar refractivity (Wildman–Crippen MR) is 232 cm³/mol. The quantitative estimate of drug-likeness (QED) is 0.165. The van der Waals surface area contributed by atoms with Gasteiger partial charge in [0.1, 0.15) is 11.2 Å². The van der Waals surface area contributed by atoms with E-state index in [-0.39, 0.29) is 0 Å². The van der Waals surface area contributed by atoms with Crippen LogP contribution in [0.2, 0.25) is 5.02 Å². The van der Waals surface area contributed by atoms with Crippen LogP contribution >= 0.6 is 11.6 Å². The van der Waals surface area contributed by atoms with Gasteiger partial charge in [-0.2, -0.15) is 0 Å². The average molecular weight is 727 g/mol. The monoisotopic (exact) mass is 726 g/mol. The summed E-state index contributed by atoms with van der Waals surface area (Å²) in [5, 5.41) is 2.87. The van der Waals surface area contributed by atoms with Crippen LogP contribution in [0.25, 0.3) is 66.4 Å². The van der Waals surface area contributed by atoms with Gasteiger partial charge in [0, 0.05) is 33.2 Å². The van der Waals surface area contributed by atoms with Crippen molar-refractivity contribution in [3.05, 3.63) is 192 Å². The van der Waals surface area contributed by atoms with Gasteiger partial charge >= 0.3 is 0 Å². The van der Waals surface area contributed by atoms with Crippen molar-refractivity contribution in [3.63, 3.8) is 0 Å². The molecular weight excluding hydrogens is 692 g/mol. The molecule has 0 bridgehead atoms. The zero-order valence-corrected chi connectivity index (χ0v) is 31.2. The maximum Gasteiger partial charge on any atom is 0.136 e. The molecule has 0 amide bonds. The zero-order valence-electron chi connectivity index (χ0n) is 30.4. The predicted octanol–water partition coefficient (Wildman–Crippen LogP) is 15.1. The van der Waals surface area contributed by atoms with E-state index in [9.17, 15) is 0 Å². The second-order valence-electron chi connectivity index (χ2n) is 14.1. The molecule has 0 atom stereocenters. The fourth-order valence-corrected chi connectivity index (χ4v) is 8.36. The number of hydrogen-bond acceptors (Lipinski definition) is 3. The number of aliphatic imine (C=N–C) groups is 1. The lowest BCUT2D eigenvalue weighted by Gasteiger charge is -2.30. The minimum Gasteiger partial charge on any atom is -0.456 e. The van der Waals surface area contributed by atoms with Gasteiger partial charge in [-0.15, -0.1) is 0 Å². The fraction of sp³-hybridized carbons (Fsp3) is 0.0392. The van der Waals surface area contributed by atoms with Gasteiger partial charge < -0.3 is 9.32 Å². The number of para-hydroxylation sites is 4. The molecule has 1 aliphatic rings. The van der Waals surface area contributed by atoms with E-state index < -0.39 is 0 Å². The average Bonchev–Trinajstić information content (AvgIpc) is 3.56.